The third-order valence-electron chi connectivity index (χ3n) is 3.75. The molecule has 2 aromatic carbocycles. The predicted molar refractivity (Wildman–Crippen MR) is 95.1 cm³/mol. The summed E-state index contributed by atoms with van der Waals surface area (Å²) in [6.45, 7) is 0. The summed E-state index contributed by atoms with van der Waals surface area (Å²) in [6, 6.07) is 12.5. The summed E-state index contributed by atoms with van der Waals surface area (Å²) in [4.78, 5) is 12.9. The molecule has 0 unspecified atom stereocenters. The Bertz CT molecular complexity index is 1020. The third kappa shape index (κ3) is 2.63. The molecule has 0 aliphatic heterocycles. The van der Waals surface area contributed by atoms with Gasteiger partial charge in [0.15, 0.2) is 0 Å². The van der Waals surface area contributed by atoms with Gasteiger partial charge in [-0.25, -0.2) is 0 Å². The molecule has 0 radical (unpaired) electrons. The van der Waals surface area contributed by atoms with Gasteiger partial charge in [-0.1, -0.05) is 0 Å². The molecule has 0 saturated heterocycles. The first-order valence-corrected chi connectivity index (χ1v) is 7.85. The number of pyridine rings is 1. The van der Waals surface area contributed by atoms with E-state index in [1.54, 1.807) is 49.7 Å². The molecule has 120 valence electrons. The second-order valence-electron chi connectivity index (χ2n) is 5.06. The predicted octanol–water partition coefficient (Wildman–Crippen LogP) is 3.64. The number of methoxy groups -OCH3 is 2. The fraction of sp³-hybridized carbons (Fsp3) is 0.111. The maximum absolute atomic E-state index is 12.9. The lowest BCUT2D eigenvalue weighted by molar-refractivity contribution is 0.414. The van der Waals surface area contributed by atoms with Crippen LogP contribution in [0.2, 0.25) is 0 Å². The summed E-state index contributed by atoms with van der Waals surface area (Å²) in [5.41, 5.74) is 0.693. The Kier molecular flexibility index (Phi) is 4.28. The number of hydrogen-bond acceptors (Lipinski definition) is 4. The summed E-state index contributed by atoms with van der Waals surface area (Å²) in [5, 5.41) is 10.4. The van der Waals surface area contributed by atoms with Crippen LogP contribution in [0, 0.1) is 11.3 Å². The number of hydrogen-bond donors (Lipinski definition) is 0. The number of ether oxygens (including phenoxy) is 2. The molecular weight excluding hydrogens is 372 g/mol. The average Bonchev–Trinajstić information content (AvgIpc) is 2.63. The molecule has 3 aromatic rings. The molecule has 0 atom stereocenters. The number of fused-ring (bicyclic) bond motifs is 1. The zero-order chi connectivity index (χ0) is 17.3. The van der Waals surface area contributed by atoms with Crippen LogP contribution in [0.15, 0.2) is 51.9 Å². The first kappa shape index (κ1) is 16.1. The van der Waals surface area contributed by atoms with Gasteiger partial charge in [0, 0.05) is 21.7 Å². The van der Waals surface area contributed by atoms with Crippen LogP contribution in [0.25, 0.3) is 16.5 Å². The van der Waals surface area contributed by atoms with Gasteiger partial charge in [-0.3, -0.25) is 9.36 Å². The Morgan fingerprint density at radius 3 is 2.33 bits per heavy atom. The van der Waals surface area contributed by atoms with E-state index in [4.69, 9.17) is 9.47 Å². The number of benzene rings is 2. The highest BCUT2D eigenvalue weighted by Gasteiger charge is 2.14. The van der Waals surface area contributed by atoms with Crippen molar-refractivity contribution in [3.63, 3.8) is 0 Å². The number of rotatable bonds is 3. The third-order valence-corrected chi connectivity index (χ3v) is 4.38. The fourth-order valence-corrected chi connectivity index (χ4v) is 3.05. The molecule has 1 aromatic heterocycles. The van der Waals surface area contributed by atoms with Crippen LogP contribution < -0.4 is 15.0 Å². The summed E-state index contributed by atoms with van der Waals surface area (Å²) in [5.74, 6) is 1.23. The van der Waals surface area contributed by atoms with Crippen molar-refractivity contribution in [2.24, 2.45) is 0 Å². The highest BCUT2D eigenvalue weighted by molar-refractivity contribution is 9.10. The highest BCUT2D eigenvalue weighted by Crippen LogP contribution is 2.29. The minimum absolute atomic E-state index is 0.266. The van der Waals surface area contributed by atoms with Gasteiger partial charge in [0.2, 0.25) is 0 Å². The molecular formula is C18H13BrN2O3. The van der Waals surface area contributed by atoms with E-state index in [9.17, 15) is 10.1 Å². The van der Waals surface area contributed by atoms with Crippen LogP contribution in [-0.2, 0) is 0 Å². The van der Waals surface area contributed by atoms with Crippen molar-refractivity contribution in [1.82, 2.24) is 4.57 Å². The summed E-state index contributed by atoms with van der Waals surface area (Å²) < 4.78 is 12.5. The Morgan fingerprint density at radius 1 is 1.08 bits per heavy atom. The summed E-state index contributed by atoms with van der Waals surface area (Å²) in [7, 11) is 3.11. The van der Waals surface area contributed by atoms with E-state index >= 15 is 0 Å². The maximum atomic E-state index is 12.9. The first-order chi connectivity index (χ1) is 11.6. The van der Waals surface area contributed by atoms with Gasteiger partial charge in [0.25, 0.3) is 5.56 Å². The zero-order valence-electron chi connectivity index (χ0n) is 13.0. The SMILES string of the molecule is COc1ccc(-n2cc(Br)c3cc(OC)cc(C#N)c3c2=O)cc1. The molecule has 1 heterocycles. The van der Waals surface area contributed by atoms with Crippen molar-refractivity contribution in [1.29, 1.82) is 5.26 Å². The second kappa shape index (κ2) is 6.38. The van der Waals surface area contributed by atoms with Crippen molar-refractivity contribution in [3.8, 4) is 23.3 Å². The average molecular weight is 385 g/mol. The molecule has 0 bridgehead atoms. The molecule has 0 aliphatic rings. The lowest BCUT2D eigenvalue weighted by Crippen LogP contribution is -2.19. The van der Waals surface area contributed by atoms with Gasteiger partial charge in [0.1, 0.15) is 17.6 Å². The number of aromatic nitrogens is 1. The lowest BCUT2D eigenvalue weighted by Gasteiger charge is -2.12. The van der Waals surface area contributed by atoms with E-state index in [0.29, 0.717) is 32.4 Å². The molecule has 0 spiro atoms. The van der Waals surface area contributed by atoms with Gasteiger partial charge in [0.05, 0.1) is 25.2 Å². The van der Waals surface area contributed by atoms with Crippen LogP contribution >= 0.6 is 15.9 Å². The zero-order valence-corrected chi connectivity index (χ0v) is 14.6. The van der Waals surface area contributed by atoms with Crippen molar-refractivity contribution in [3.05, 3.63) is 63.0 Å². The Hall–Kier alpha value is -2.78. The molecule has 0 amide bonds. The normalized spacial score (nSPS) is 10.4. The van der Waals surface area contributed by atoms with E-state index in [1.807, 2.05) is 0 Å². The Morgan fingerprint density at radius 2 is 1.75 bits per heavy atom. The van der Waals surface area contributed by atoms with Crippen molar-refractivity contribution < 1.29 is 9.47 Å². The summed E-state index contributed by atoms with van der Waals surface area (Å²) >= 11 is 3.48. The van der Waals surface area contributed by atoms with Crippen LogP contribution in [-0.4, -0.2) is 18.8 Å². The standard InChI is InChI=1S/C18H13BrN2O3/c1-23-13-5-3-12(4-6-13)21-10-16(19)15-8-14(24-2)7-11(9-20)17(15)18(21)22/h3-8,10H,1-2H3. The molecule has 0 N–H and O–H groups in total. The smallest absolute Gasteiger partial charge is 0.264 e. The molecule has 0 fully saturated rings. The fourth-order valence-electron chi connectivity index (χ4n) is 2.54. The van der Waals surface area contributed by atoms with Crippen LogP contribution in [0.3, 0.4) is 0 Å². The highest BCUT2D eigenvalue weighted by atomic mass is 79.9. The lowest BCUT2D eigenvalue weighted by atomic mass is 10.1. The van der Waals surface area contributed by atoms with E-state index in [0.717, 1.165) is 0 Å². The van der Waals surface area contributed by atoms with Gasteiger partial charge in [-0.15, -0.1) is 0 Å². The van der Waals surface area contributed by atoms with Gasteiger partial charge in [-0.05, 0) is 52.3 Å². The molecule has 0 aliphatic carbocycles. The second-order valence-corrected chi connectivity index (χ2v) is 5.91. The number of nitriles is 1. The number of halogens is 1. The number of nitrogens with zero attached hydrogens (tertiary/aromatic N) is 2. The van der Waals surface area contributed by atoms with Crippen molar-refractivity contribution >= 4 is 26.7 Å². The molecule has 0 saturated carbocycles. The van der Waals surface area contributed by atoms with Crippen molar-refractivity contribution in [2.75, 3.05) is 14.2 Å². The molecule has 24 heavy (non-hydrogen) atoms. The van der Waals surface area contributed by atoms with Crippen molar-refractivity contribution in [2.45, 2.75) is 0 Å². The topological polar surface area (TPSA) is 64.2 Å². The quantitative estimate of drug-likeness (QED) is 0.691. The minimum atomic E-state index is -0.266. The minimum Gasteiger partial charge on any atom is -0.497 e. The molecule has 5 nitrogen and oxygen atoms in total. The van der Waals surface area contributed by atoms with Crippen LogP contribution in [0.5, 0.6) is 11.5 Å². The largest absolute Gasteiger partial charge is 0.497 e. The first-order valence-electron chi connectivity index (χ1n) is 7.06. The van der Waals surface area contributed by atoms with E-state index in [2.05, 4.69) is 22.0 Å². The van der Waals surface area contributed by atoms with Crippen LogP contribution in [0.4, 0.5) is 0 Å². The molecule has 6 heteroatoms. The molecule has 3 rings (SSSR count). The monoisotopic (exact) mass is 384 g/mol. The van der Waals surface area contributed by atoms with Gasteiger partial charge < -0.3 is 9.47 Å². The Labute approximate surface area is 146 Å². The maximum Gasteiger partial charge on any atom is 0.264 e. The van der Waals surface area contributed by atoms with E-state index in [-0.39, 0.29) is 11.1 Å². The van der Waals surface area contributed by atoms with Gasteiger partial charge >= 0.3 is 0 Å². The van der Waals surface area contributed by atoms with E-state index < -0.39 is 0 Å². The van der Waals surface area contributed by atoms with Crippen LogP contribution in [0.1, 0.15) is 5.56 Å². The Balaban J connectivity index is 2.34. The van der Waals surface area contributed by atoms with E-state index in [1.165, 1.54) is 11.7 Å². The summed E-state index contributed by atoms with van der Waals surface area (Å²) in [6.07, 6.45) is 1.69. The van der Waals surface area contributed by atoms with Gasteiger partial charge in [-0.2, -0.15) is 5.26 Å².